The van der Waals surface area contributed by atoms with Crippen LogP contribution in [0.2, 0.25) is 0 Å². The standard InChI is InChI=1S/C21H20FN3O4/c1-10-3-13-14(6-23)15-7-25-19(20(15)24-18(13)5-17(10)22)4-12(11(2)27)16(21(25)28)8-29-9-26/h3-5,9,11,27H,6-8,23H2,1-2H3. The molecule has 0 amide bonds. The van der Waals surface area contributed by atoms with Gasteiger partial charge >= 0.3 is 0 Å². The zero-order chi connectivity index (χ0) is 20.9. The van der Waals surface area contributed by atoms with Crippen LogP contribution in [0, 0.1) is 12.7 Å². The van der Waals surface area contributed by atoms with Crippen LogP contribution in [0.1, 0.15) is 40.8 Å². The molecule has 1 aliphatic rings. The number of nitrogens with zero attached hydrogens (tertiary/aromatic N) is 2. The van der Waals surface area contributed by atoms with Crippen LogP contribution in [0.5, 0.6) is 0 Å². The van der Waals surface area contributed by atoms with Gasteiger partial charge in [-0.15, -0.1) is 0 Å². The molecule has 150 valence electrons. The average molecular weight is 397 g/mol. The number of nitrogens with two attached hydrogens (primary N) is 1. The molecule has 0 saturated carbocycles. The first-order valence-corrected chi connectivity index (χ1v) is 9.19. The maximum absolute atomic E-state index is 14.1. The number of aryl methyl sites for hydroxylation is 1. The van der Waals surface area contributed by atoms with Crippen molar-refractivity contribution >= 4 is 17.4 Å². The van der Waals surface area contributed by atoms with E-state index >= 15 is 0 Å². The van der Waals surface area contributed by atoms with Crippen molar-refractivity contribution in [2.75, 3.05) is 0 Å². The van der Waals surface area contributed by atoms with Gasteiger partial charge in [0.25, 0.3) is 12.0 Å². The van der Waals surface area contributed by atoms with E-state index in [4.69, 9.17) is 10.5 Å². The van der Waals surface area contributed by atoms with Gasteiger partial charge in [0.05, 0.1) is 35.1 Å². The van der Waals surface area contributed by atoms with E-state index in [1.165, 1.54) is 17.6 Å². The molecule has 8 heteroatoms. The normalized spacial score (nSPS) is 13.3. The summed E-state index contributed by atoms with van der Waals surface area (Å²) in [5.74, 6) is -0.366. The molecular formula is C21H20FN3O4. The highest BCUT2D eigenvalue weighted by Crippen LogP contribution is 2.37. The van der Waals surface area contributed by atoms with Crippen molar-refractivity contribution in [3.8, 4) is 11.4 Å². The third-order valence-electron chi connectivity index (χ3n) is 5.43. The number of aliphatic hydroxyl groups excluding tert-OH is 1. The molecule has 2 aromatic heterocycles. The Balaban J connectivity index is 2.02. The highest BCUT2D eigenvalue weighted by Gasteiger charge is 2.29. The number of aromatic nitrogens is 2. The number of pyridine rings is 2. The summed E-state index contributed by atoms with van der Waals surface area (Å²) in [5, 5.41) is 10.9. The average Bonchev–Trinajstić information content (AvgIpc) is 3.05. The first-order valence-electron chi connectivity index (χ1n) is 9.19. The van der Waals surface area contributed by atoms with E-state index in [0.717, 1.165) is 16.5 Å². The number of rotatable bonds is 5. The number of ether oxygens (including phenoxy) is 1. The molecule has 0 aliphatic carbocycles. The smallest absolute Gasteiger partial charge is 0.293 e. The summed E-state index contributed by atoms with van der Waals surface area (Å²) in [7, 11) is 0. The Hall–Kier alpha value is -3.10. The summed E-state index contributed by atoms with van der Waals surface area (Å²) in [6.07, 6.45) is -0.947. The van der Waals surface area contributed by atoms with Crippen LogP contribution in [-0.4, -0.2) is 21.1 Å². The van der Waals surface area contributed by atoms with Crippen molar-refractivity contribution in [2.24, 2.45) is 5.73 Å². The molecule has 0 bridgehead atoms. The molecule has 7 nitrogen and oxygen atoms in total. The van der Waals surface area contributed by atoms with Crippen LogP contribution in [0.4, 0.5) is 4.39 Å². The summed E-state index contributed by atoms with van der Waals surface area (Å²) in [6.45, 7) is 3.70. The van der Waals surface area contributed by atoms with Crippen molar-refractivity contribution in [1.82, 2.24) is 9.55 Å². The van der Waals surface area contributed by atoms with E-state index in [1.54, 1.807) is 19.1 Å². The van der Waals surface area contributed by atoms with E-state index in [9.17, 15) is 19.1 Å². The molecule has 29 heavy (non-hydrogen) atoms. The Bertz CT molecular complexity index is 1220. The molecule has 0 spiro atoms. The molecule has 3 N–H and O–H groups in total. The second-order valence-electron chi connectivity index (χ2n) is 7.18. The van der Waals surface area contributed by atoms with Gasteiger partial charge in [-0.3, -0.25) is 9.59 Å². The Morgan fingerprint density at radius 1 is 1.38 bits per heavy atom. The number of benzene rings is 1. The fourth-order valence-electron chi connectivity index (χ4n) is 3.97. The van der Waals surface area contributed by atoms with Crippen LogP contribution < -0.4 is 11.3 Å². The number of hydrogen-bond acceptors (Lipinski definition) is 6. The van der Waals surface area contributed by atoms with E-state index in [-0.39, 0.29) is 43.1 Å². The molecular weight excluding hydrogens is 377 g/mol. The Morgan fingerprint density at radius 2 is 2.14 bits per heavy atom. The highest BCUT2D eigenvalue weighted by atomic mass is 19.1. The summed E-state index contributed by atoms with van der Waals surface area (Å²) in [6, 6.07) is 4.76. The van der Waals surface area contributed by atoms with Gasteiger partial charge in [0.2, 0.25) is 0 Å². The minimum absolute atomic E-state index is 0.208. The van der Waals surface area contributed by atoms with Crippen molar-refractivity contribution in [1.29, 1.82) is 0 Å². The zero-order valence-electron chi connectivity index (χ0n) is 16.0. The molecule has 1 aromatic carbocycles. The quantitative estimate of drug-likeness (QED) is 0.499. The first-order chi connectivity index (χ1) is 13.9. The van der Waals surface area contributed by atoms with E-state index in [0.29, 0.717) is 28.0 Å². The van der Waals surface area contributed by atoms with Crippen molar-refractivity contribution in [3.05, 3.63) is 62.2 Å². The lowest BCUT2D eigenvalue weighted by Gasteiger charge is -2.14. The van der Waals surface area contributed by atoms with E-state index in [1.807, 2.05) is 0 Å². The predicted molar refractivity (Wildman–Crippen MR) is 105 cm³/mol. The van der Waals surface area contributed by atoms with Gasteiger partial charge in [-0.2, -0.15) is 0 Å². The fraction of sp³-hybridized carbons (Fsp3) is 0.286. The summed E-state index contributed by atoms with van der Waals surface area (Å²) < 4.78 is 20.4. The van der Waals surface area contributed by atoms with Gasteiger partial charge in [-0.1, -0.05) is 0 Å². The highest BCUT2D eigenvalue weighted by molar-refractivity contribution is 5.88. The summed E-state index contributed by atoms with van der Waals surface area (Å²) in [5.41, 5.74) is 9.85. The lowest BCUT2D eigenvalue weighted by Crippen LogP contribution is -2.26. The molecule has 1 atom stereocenters. The van der Waals surface area contributed by atoms with E-state index < -0.39 is 6.10 Å². The third-order valence-corrected chi connectivity index (χ3v) is 5.43. The molecule has 0 fully saturated rings. The molecule has 1 aliphatic heterocycles. The van der Waals surface area contributed by atoms with Gasteiger partial charge < -0.3 is 20.1 Å². The largest absolute Gasteiger partial charge is 0.463 e. The Labute approximate surface area is 165 Å². The molecule has 4 rings (SSSR count). The zero-order valence-corrected chi connectivity index (χ0v) is 16.0. The second-order valence-corrected chi connectivity index (χ2v) is 7.18. The van der Waals surface area contributed by atoms with E-state index in [2.05, 4.69) is 4.98 Å². The molecule has 1 unspecified atom stereocenters. The topological polar surface area (TPSA) is 107 Å². The fourth-order valence-corrected chi connectivity index (χ4v) is 3.97. The van der Waals surface area contributed by atoms with Crippen LogP contribution in [-0.2, 0) is 29.2 Å². The molecule has 3 heterocycles. The number of carbonyl (C=O) groups excluding carboxylic acids is 1. The third kappa shape index (κ3) is 2.92. The van der Waals surface area contributed by atoms with Gasteiger partial charge in [-0.25, -0.2) is 9.37 Å². The van der Waals surface area contributed by atoms with Crippen molar-refractivity contribution in [2.45, 2.75) is 39.6 Å². The van der Waals surface area contributed by atoms with Gasteiger partial charge in [0, 0.05) is 23.6 Å². The predicted octanol–water partition coefficient (Wildman–Crippen LogP) is 2.06. The number of hydrogen-bond donors (Lipinski definition) is 2. The monoisotopic (exact) mass is 397 g/mol. The lowest BCUT2D eigenvalue weighted by atomic mass is 9.98. The minimum atomic E-state index is -0.947. The van der Waals surface area contributed by atoms with Gasteiger partial charge in [-0.05, 0) is 42.7 Å². The number of aliphatic hydroxyl groups is 1. The minimum Gasteiger partial charge on any atom is -0.463 e. The second kappa shape index (κ2) is 7.06. The van der Waals surface area contributed by atoms with Crippen LogP contribution in [0.25, 0.3) is 22.3 Å². The lowest BCUT2D eigenvalue weighted by molar-refractivity contribution is -0.129. The Kier molecular flexibility index (Phi) is 4.68. The summed E-state index contributed by atoms with van der Waals surface area (Å²) >= 11 is 0. The number of halogens is 1. The van der Waals surface area contributed by atoms with Crippen LogP contribution >= 0.6 is 0 Å². The van der Waals surface area contributed by atoms with Crippen molar-refractivity contribution < 1.29 is 19.0 Å². The van der Waals surface area contributed by atoms with Crippen LogP contribution in [0.15, 0.2) is 23.0 Å². The van der Waals surface area contributed by atoms with Crippen LogP contribution in [0.3, 0.4) is 0 Å². The van der Waals surface area contributed by atoms with Gasteiger partial charge in [0.15, 0.2) is 0 Å². The van der Waals surface area contributed by atoms with Gasteiger partial charge in [0.1, 0.15) is 12.4 Å². The molecule has 0 saturated heterocycles. The Morgan fingerprint density at radius 3 is 2.79 bits per heavy atom. The maximum atomic E-state index is 14.1. The number of fused-ring (bicyclic) bond motifs is 4. The van der Waals surface area contributed by atoms with Crippen molar-refractivity contribution in [3.63, 3.8) is 0 Å². The summed E-state index contributed by atoms with van der Waals surface area (Å²) in [4.78, 5) is 28.3. The first kappa shape index (κ1) is 19.2. The molecule has 0 radical (unpaired) electrons. The molecule has 3 aromatic rings. The maximum Gasteiger partial charge on any atom is 0.293 e. The SMILES string of the molecule is Cc1cc2c(CN)c3c(nc2cc1F)-c1cc(C(C)O)c(COC=O)c(=O)n1C3. The number of carbonyl (C=O) groups is 1.